The largest absolute Gasteiger partial charge is 0.507 e. The molecule has 3 rings (SSSR count). The normalized spacial score (nSPS) is 15.1. The molecule has 21 heavy (non-hydrogen) atoms. The lowest BCUT2D eigenvalue weighted by Gasteiger charge is -2.26. The van der Waals surface area contributed by atoms with Crippen LogP contribution in [0.15, 0.2) is 23.6 Å². The maximum Gasteiger partial charge on any atom is 0.252 e. The summed E-state index contributed by atoms with van der Waals surface area (Å²) in [5.41, 5.74) is 6.88. The van der Waals surface area contributed by atoms with Gasteiger partial charge < -0.3 is 20.5 Å². The number of phenols is 1. The summed E-state index contributed by atoms with van der Waals surface area (Å²) in [6.07, 6.45) is 0. The fourth-order valence-electron chi connectivity index (χ4n) is 2.19. The molecule has 1 fully saturated rings. The van der Waals surface area contributed by atoms with Crippen molar-refractivity contribution in [1.82, 2.24) is 4.98 Å². The predicted octanol–water partition coefficient (Wildman–Crippen LogP) is 1.45. The second-order valence-corrected chi connectivity index (χ2v) is 5.55. The Morgan fingerprint density at radius 3 is 2.86 bits per heavy atom. The molecule has 2 aromatic rings. The van der Waals surface area contributed by atoms with E-state index in [2.05, 4.69) is 9.88 Å². The van der Waals surface area contributed by atoms with Crippen molar-refractivity contribution in [3.8, 4) is 17.0 Å². The van der Waals surface area contributed by atoms with Crippen LogP contribution in [0.1, 0.15) is 10.4 Å². The van der Waals surface area contributed by atoms with Crippen LogP contribution in [0.5, 0.6) is 5.75 Å². The number of benzene rings is 1. The Kier molecular flexibility index (Phi) is 3.76. The van der Waals surface area contributed by atoms with E-state index in [1.807, 2.05) is 5.38 Å². The summed E-state index contributed by atoms with van der Waals surface area (Å²) >= 11 is 1.55. The monoisotopic (exact) mass is 305 g/mol. The summed E-state index contributed by atoms with van der Waals surface area (Å²) in [4.78, 5) is 18.0. The van der Waals surface area contributed by atoms with E-state index >= 15 is 0 Å². The number of thiazole rings is 1. The van der Waals surface area contributed by atoms with Crippen molar-refractivity contribution in [2.75, 3.05) is 31.2 Å². The predicted molar refractivity (Wildman–Crippen MR) is 80.8 cm³/mol. The van der Waals surface area contributed by atoms with Crippen molar-refractivity contribution >= 4 is 22.4 Å². The average Bonchev–Trinajstić information content (AvgIpc) is 2.98. The van der Waals surface area contributed by atoms with Gasteiger partial charge in [0.1, 0.15) is 5.75 Å². The molecule has 1 aliphatic heterocycles. The lowest BCUT2D eigenvalue weighted by Crippen LogP contribution is -2.36. The van der Waals surface area contributed by atoms with E-state index in [1.54, 1.807) is 23.5 Å². The van der Waals surface area contributed by atoms with Gasteiger partial charge in [-0.25, -0.2) is 4.98 Å². The second-order valence-electron chi connectivity index (χ2n) is 4.71. The third-order valence-corrected chi connectivity index (χ3v) is 4.23. The van der Waals surface area contributed by atoms with Crippen molar-refractivity contribution in [2.45, 2.75) is 0 Å². The van der Waals surface area contributed by atoms with Gasteiger partial charge in [-0.3, -0.25) is 4.79 Å². The Morgan fingerprint density at radius 1 is 1.38 bits per heavy atom. The minimum Gasteiger partial charge on any atom is -0.507 e. The number of hydrogen-bond donors (Lipinski definition) is 2. The number of rotatable bonds is 3. The number of amides is 1. The molecule has 6 nitrogen and oxygen atoms in total. The van der Waals surface area contributed by atoms with Gasteiger partial charge >= 0.3 is 0 Å². The molecule has 0 aliphatic carbocycles. The number of ether oxygens (including phenoxy) is 1. The third-order valence-electron chi connectivity index (χ3n) is 3.33. The fraction of sp³-hybridized carbons (Fsp3) is 0.286. The maximum atomic E-state index is 11.3. The number of carbonyl (C=O) groups is 1. The van der Waals surface area contributed by atoms with Crippen LogP contribution in [0.4, 0.5) is 5.13 Å². The molecule has 1 saturated heterocycles. The summed E-state index contributed by atoms with van der Waals surface area (Å²) in [6, 6.07) is 4.75. The molecular weight excluding hydrogens is 290 g/mol. The van der Waals surface area contributed by atoms with E-state index in [0.29, 0.717) is 13.2 Å². The molecular formula is C14H15N3O3S. The molecule has 1 aromatic carbocycles. The Bertz CT molecular complexity index is 665. The maximum absolute atomic E-state index is 11.3. The first-order valence-electron chi connectivity index (χ1n) is 6.56. The Labute approximate surface area is 125 Å². The van der Waals surface area contributed by atoms with Gasteiger partial charge in [0, 0.05) is 24.0 Å². The topological polar surface area (TPSA) is 88.7 Å². The molecule has 0 saturated carbocycles. The molecule has 1 aromatic heterocycles. The highest BCUT2D eigenvalue weighted by Gasteiger charge is 2.16. The highest BCUT2D eigenvalue weighted by Crippen LogP contribution is 2.30. The number of aromatic nitrogens is 1. The van der Waals surface area contributed by atoms with Crippen LogP contribution < -0.4 is 10.6 Å². The van der Waals surface area contributed by atoms with Gasteiger partial charge in [-0.15, -0.1) is 11.3 Å². The number of nitrogens with two attached hydrogens (primary N) is 1. The quantitative estimate of drug-likeness (QED) is 0.896. The lowest BCUT2D eigenvalue weighted by molar-refractivity contribution is 0.0998. The average molecular weight is 305 g/mol. The van der Waals surface area contributed by atoms with Crippen LogP contribution in [0.3, 0.4) is 0 Å². The zero-order valence-corrected chi connectivity index (χ0v) is 12.1. The van der Waals surface area contributed by atoms with Crippen LogP contribution >= 0.6 is 11.3 Å². The number of anilines is 1. The first-order valence-corrected chi connectivity index (χ1v) is 7.44. The van der Waals surface area contributed by atoms with Gasteiger partial charge in [-0.05, 0) is 18.2 Å². The van der Waals surface area contributed by atoms with Gasteiger partial charge in [0.05, 0.1) is 24.5 Å². The molecule has 0 atom stereocenters. The molecule has 0 radical (unpaired) electrons. The van der Waals surface area contributed by atoms with Crippen molar-refractivity contribution in [2.24, 2.45) is 5.73 Å². The molecule has 2 heterocycles. The summed E-state index contributed by atoms with van der Waals surface area (Å²) in [5.74, 6) is -0.770. The zero-order valence-electron chi connectivity index (χ0n) is 11.3. The summed E-state index contributed by atoms with van der Waals surface area (Å²) in [6.45, 7) is 3.07. The van der Waals surface area contributed by atoms with E-state index < -0.39 is 5.91 Å². The Hall–Kier alpha value is -2.12. The Balaban J connectivity index is 1.89. The van der Waals surface area contributed by atoms with Gasteiger partial charge in [0.15, 0.2) is 5.13 Å². The van der Waals surface area contributed by atoms with E-state index in [4.69, 9.17) is 10.5 Å². The van der Waals surface area contributed by atoms with Crippen molar-refractivity contribution in [3.05, 3.63) is 29.1 Å². The highest BCUT2D eigenvalue weighted by atomic mass is 32.1. The van der Waals surface area contributed by atoms with Crippen LogP contribution in [0.2, 0.25) is 0 Å². The highest BCUT2D eigenvalue weighted by molar-refractivity contribution is 7.14. The van der Waals surface area contributed by atoms with Crippen molar-refractivity contribution < 1.29 is 14.6 Å². The molecule has 0 spiro atoms. The number of morpholine rings is 1. The standard InChI is InChI=1S/C14H15N3O3S/c15-13(19)10-7-9(1-2-12(10)18)11-8-21-14(16-11)17-3-5-20-6-4-17/h1-2,7-8,18H,3-6H2,(H2,15,19). The molecule has 1 aliphatic rings. The number of nitrogens with zero attached hydrogens (tertiary/aromatic N) is 2. The molecule has 0 bridgehead atoms. The van der Waals surface area contributed by atoms with Gasteiger partial charge in [-0.1, -0.05) is 0 Å². The van der Waals surface area contributed by atoms with E-state index in [9.17, 15) is 9.90 Å². The molecule has 3 N–H and O–H groups in total. The first kappa shape index (κ1) is 13.8. The smallest absolute Gasteiger partial charge is 0.252 e. The molecule has 0 unspecified atom stereocenters. The fourth-order valence-corrected chi connectivity index (χ4v) is 3.08. The molecule has 7 heteroatoms. The van der Waals surface area contributed by atoms with E-state index in [0.717, 1.165) is 29.5 Å². The van der Waals surface area contributed by atoms with Crippen LogP contribution in [0.25, 0.3) is 11.3 Å². The van der Waals surface area contributed by atoms with Crippen LogP contribution in [-0.2, 0) is 4.74 Å². The van der Waals surface area contributed by atoms with E-state index in [1.165, 1.54) is 6.07 Å². The molecule has 1 amide bonds. The number of hydrogen-bond acceptors (Lipinski definition) is 6. The number of aromatic hydroxyl groups is 1. The first-order chi connectivity index (χ1) is 10.1. The Morgan fingerprint density at radius 2 is 2.14 bits per heavy atom. The number of primary amides is 1. The second kappa shape index (κ2) is 5.71. The van der Waals surface area contributed by atoms with Crippen molar-refractivity contribution in [3.63, 3.8) is 0 Å². The zero-order chi connectivity index (χ0) is 14.8. The summed E-state index contributed by atoms with van der Waals surface area (Å²) < 4.78 is 5.32. The minimum absolute atomic E-state index is 0.105. The van der Waals surface area contributed by atoms with Crippen molar-refractivity contribution in [1.29, 1.82) is 0 Å². The summed E-state index contributed by atoms with van der Waals surface area (Å²) in [7, 11) is 0. The van der Waals surface area contributed by atoms with Gasteiger partial charge in [0.25, 0.3) is 5.91 Å². The van der Waals surface area contributed by atoms with Gasteiger partial charge in [0.2, 0.25) is 0 Å². The number of carbonyl (C=O) groups excluding carboxylic acids is 1. The molecule has 110 valence electrons. The van der Waals surface area contributed by atoms with Crippen LogP contribution in [-0.4, -0.2) is 42.3 Å². The minimum atomic E-state index is -0.655. The third kappa shape index (κ3) is 2.84. The van der Waals surface area contributed by atoms with Gasteiger partial charge in [-0.2, -0.15) is 0 Å². The SMILES string of the molecule is NC(=O)c1cc(-c2csc(N3CCOCC3)n2)ccc1O. The van der Waals surface area contributed by atoms with E-state index in [-0.39, 0.29) is 11.3 Å². The summed E-state index contributed by atoms with van der Waals surface area (Å²) in [5, 5.41) is 12.5. The van der Waals surface area contributed by atoms with Crippen LogP contribution in [0, 0.1) is 0 Å². The lowest BCUT2D eigenvalue weighted by atomic mass is 10.1.